The van der Waals surface area contributed by atoms with E-state index >= 15 is 4.39 Å². The quantitative estimate of drug-likeness (QED) is 0.161. The summed E-state index contributed by atoms with van der Waals surface area (Å²) in [5, 5.41) is 15.5. The molecule has 5 atom stereocenters. The van der Waals surface area contributed by atoms with E-state index in [2.05, 4.69) is 22.0 Å². The molecule has 2 bridgehead atoms. The van der Waals surface area contributed by atoms with Gasteiger partial charge in [0.2, 0.25) is 5.91 Å². The lowest BCUT2D eigenvalue weighted by atomic mass is 9.79. The van der Waals surface area contributed by atoms with Gasteiger partial charge in [0.05, 0.1) is 40.3 Å². The maximum Gasteiger partial charge on any atom is 0.253 e. The van der Waals surface area contributed by atoms with Crippen LogP contribution in [-0.2, 0) is 11.2 Å². The number of fused-ring (bicyclic) bond motifs is 4. The molecule has 2 aromatic heterocycles. The van der Waals surface area contributed by atoms with Gasteiger partial charge in [-0.05, 0) is 80.5 Å². The zero-order valence-electron chi connectivity index (χ0n) is 30.9. The predicted octanol–water partition coefficient (Wildman–Crippen LogP) is 8.43. The van der Waals surface area contributed by atoms with Crippen LogP contribution >= 0.6 is 23.2 Å². The van der Waals surface area contributed by atoms with Crippen LogP contribution in [0.2, 0.25) is 10.0 Å². The summed E-state index contributed by atoms with van der Waals surface area (Å²) in [6.45, 7) is 3.21. The van der Waals surface area contributed by atoms with Crippen molar-refractivity contribution < 1.29 is 18.7 Å². The lowest BCUT2D eigenvalue weighted by molar-refractivity contribution is -0.133. The number of carbonyl (C=O) groups excluding carboxylic acids is 2. The third-order valence-corrected chi connectivity index (χ3v) is 12.9. The predicted molar refractivity (Wildman–Crippen MR) is 211 cm³/mol. The van der Waals surface area contributed by atoms with Crippen LogP contribution in [0, 0.1) is 35.9 Å². The molecule has 282 valence electrons. The van der Waals surface area contributed by atoms with E-state index in [0.29, 0.717) is 69.4 Å². The van der Waals surface area contributed by atoms with Crippen LogP contribution in [0.5, 0.6) is 5.75 Å². The summed E-state index contributed by atoms with van der Waals surface area (Å²) in [6.07, 6.45) is 3.55. The lowest BCUT2D eigenvalue weighted by Crippen LogP contribution is -2.41. The maximum absolute atomic E-state index is 17.2. The van der Waals surface area contributed by atoms with E-state index in [4.69, 9.17) is 32.9 Å². The van der Waals surface area contributed by atoms with Gasteiger partial charge in [-0.3, -0.25) is 9.59 Å². The third-order valence-electron chi connectivity index (χ3n) is 12.0. The summed E-state index contributed by atoms with van der Waals surface area (Å²) in [6, 6.07) is 18.8. The molecule has 2 amide bonds. The summed E-state index contributed by atoms with van der Waals surface area (Å²) in [7, 11) is 3.44. The number of rotatable bonds is 9. The molecule has 55 heavy (non-hydrogen) atoms. The van der Waals surface area contributed by atoms with E-state index in [1.54, 1.807) is 44.4 Å². The Kier molecular flexibility index (Phi) is 9.03. The van der Waals surface area contributed by atoms with Crippen molar-refractivity contribution in [3.8, 4) is 22.9 Å². The van der Waals surface area contributed by atoms with Gasteiger partial charge < -0.3 is 24.4 Å². The van der Waals surface area contributed by atoms with Gasteiger partial charge in [-0.15, -0.1) is 0 Å². The highest BCUT2D eigenvalue weighted by atomic mass is 35.5. The first-order chi connectivity index (χ1) is 26.5. The maximum atomic E-state index is 17.2. The molecule has 3 aromatic carbocycles. The average Bonchev–Trinajstić information content (AvgIpc) is 3.44. The number of hydrogen-bond acceptors (Lipinski definition) is 6. The van der Waals surface area contributed by atoms with Gasteiger partial charge in [-0.1, -0.05) is 41.4 Å². The first kappa shape index (κ1) is 36.0. The number of ether oxygens (including phenoxy) is 1. The van der Waals surface area contributed by atoms with Crippen molar-refractivity contribution in [1.82, 2.24) is 24.7 Å². The van der Waals surface area contributed by atoms with Gasteiger partial charge in [-0.25, -0.2) is 9.37 Å². The summed E-state index contributed by atoms with van der Waals surface area (Å²) in [5.74, 6) is 0.485. The minimum atomic E-state index is -0.501. The fraction of sp³-hybridized carbons (Fsp3) is 0.395. The van der Waals surface area contributed by atoms with Crippen LogP contribution in [0.3, 0.4) is 0 Å². The summed E-state index contributed by atoms with van der Waals surface area (Å²) < 4.78 is 26.2. The molecule has 0 spiro atoms. The monoisotopic (exact) mass is 778 g/mol. The first-order valence-electron chi connectivity index (χ1n) is 19.0. The highest BCUT2D eigenvalue weighted by molar-refractivity contribution is 6.43. The Balaban J connectivity index is 1.22. The van der Waals surface area contributed by atoms with E-state index < -0.39 is 5.82 Å². The van der Waals surface area contributed by atoms with Crippen molar-refractivity contribution in [3.63, 3.8) is 0 Å². The Labute approximate surface area is 328 Å². The zero-order chi connectivity index (χ0) is 38.3. The summed E-state index contributed by atoms with van der Waals surface area (Å²) in [4.78, 5) is 35.3. The fourth-order valence-electron chi connectivity index (χ4n) is 9.22. The topological polar surface area (TPSA) is 103 Å². The largest absolute Gasteiger partial charge is 0.488 e. The van der Waals surface area contributed by atoms with E-state index in [-0.39, 0.29) is 58.9 Å². The molecule has 3 saturated heterocycles. The zero-order valence-corrected chi connectivity index (χ0v) is 32.4. The molecule has 5 fully saturated rings. The molecular formula is C43H41Cl2FN6O3. The number of aryl methyl sites for hydroxylation is 2. The van der Waals surface area contributed by atoms with Crippen LogP contribution < -0.4 is 10.1 Å². The number of pyridine rings is 1. The number of halogens is 3. The van der Waals surface area contributed by atoms with E-state index in [1.165, 1.54) is 4.90 Å². The number of nitrogens with one attached hydrogen (secondary N) is 1. The lowest BCUT2D eigenvalue weighted by Gasteiger charge is -2.39. The average molecular weight is 780 g/mol. The number of aromatic nitrogens is 2. The van der Waals surface area contributed by atoms with Gasteiger partial charge in [0, 0.05) is 84.3 Å². The standard InChI is InChI=1S/C43H41Cl2FN6O3/c1-22-30-19-35(34-18-28(21-51(34)43(54)23-12-13-23)55-27-9-4-7-25(15-27)42(53)50(2)3)52(40-26-17-33(40)48-20-26)41(30)31-16-24(8-6-14-47)36(38(46)39(31)49-22)29-10-5-11-32(44)37(29)45/h4-5,7,9-11,15-16,19,23,26,28,33-34,40,48H,6,8,12-13,17-18,20-21H2,1-3H3/t26-,28+,33-,34-,40+/m1/s1. The second-order valence-corrected chi connectivity index (χ2v) is 16.5. The van der Waals surface area contributed by atoms with Crippen molar-refractivity contribution in [2.75, 3.05) is 27.2 Å². The molecule has 5 aliphatic rings. The van der Waals surface area contributed by atoms with Crippen LogP contribution in [-0.4, -0.2) is 70.5 Å². The number of nitriles is 1. The van der Waals surface area contributed by atoms with E-state index in [1.807, 2.05) is 30.0 Å². The molecule has 9 nitrogen and oxygen atoms in total. The molecule has 0 unspecified atom stereocenters. The Morgan fingerprint density at radius 3 is 2.60 bits per heavy atom. The van der Waals surface area contributed by atoms with Crippen molar-refractivity contribution in [1.29, 1.82) is 5.26 Å². The molecule has 3 aliphatic heterocycles. The molecule has 2 saturated carbocycles. The Morgan fingerprint density at radius 2 is 1.89 bits per heavy atom. The number of nitrogens with zero attached hydrogens (tertiary/aromatic N) is 5. The number of likely N-dealkylation sites (tertiary alicyclic amines) is 1. The molecule has 10 rings (SSSR count). The Hall–Kier alpha value is -4.69. The normalized spacial score (nSPS) is 22.9. The third kappa shape index (κ3) is 6.03. The second kappa shape index (κ2) is 13.8. The van der Waals surface area contributed by atoms with Crippen LogP contribution in [0.25, 0.3) is 32.9 Å². The molecule has 1 N–H and O–H groups in total. The molecular weight excluding hydrogens is 738 g/mol. The van der Waals surface area contributed by atoms with Crippen molar-refractivity contribution in [2.24, 2.45) is 11.8 Å². The Bertz CT molecular complexity index is 2440. The molecule has 0 radical (unpaired) electrons. The van der Waals surface area contributed by atoms with E-state index in [0.717, 1.165) is 42.4 Å². The molecule has 2 aliphatic carbocycles. The van der Waals surface area contributed by atoms with Crippen molar-refractivity contribution in [3.05, 3.63) is 93.0 Å². The number of carbonyl (C=O) groups is 2. The smallest absolute Gasteiger partial charge is 0.253 e. The summed E-state index contributed by atoms with van der Waals surface area (Å²) >= 11 is 13.1. The van der Waals surface area contributed by atoms with Gasteiger partial charge in [0.25, 0.3) is 5.91 Å². The second-order valence-electron chi connectivity index (χ2n) is 15.8. The highest BCUT2D eigenvalue weighted by Crippen LogP contribution is 2.51. The van der Waals surface area contributed by atoms with Crippen LogP contribution in [0.15, 0.2) is 54.6 Å². The van der Waals surface area contributed by atoms with Crippen molar-refractivity contribution >= 4 is 56.8 Å². The van der Waals surface area contributed by atoms with Crippen molar-refractivity contribution in [2.45, 2.75) is 69.7 Å². The minimum absolute atomic E-state index is 0.000532. The molecule has 12 heteroatoms. The van der Waals surface area contributed by atoms with Gasteiger partial charge in [0.15, 0.2) is 5.82 Å². The molecule has 5 aromatic rings. The number of hydrogen-bond donors (Lipinski definition) is 1. The van der Waals surface area contributed by atoms with E-state index in [9.17, 15) is 14.9 Å². The van der Waals surface area contributed by atoms with Gasteiger partial charge in [0.1, 0.15) is 17.4 Å². The molecule has 5 heterocycles. The fourth-order valence-corrected chi connectivity index (χ4v) is 9.62. The first-order valence-corrected chi connectivity index (χ1v) is 19.8. The minimum Gasteiger partial charge on any atom is -0.488 e. The SMILES string of the molecule is Cc1nc2c(F)c(-c3cccc(Cl)c3Cl)c(CCC#N)cc2c2c1cc([C@H]1C[C@H](Oc3cccc(C(=O)N(C)C)c3)CN1C(=O)C1CC1)n2[C@H]1[C@H]2CN[C@@H]1C2. The Morgan fingerprint density at radius 1 is 1.09 bits per heavy atom. The van der Waals surface area contributed by atoms with Gasteiger partial charge >= 0.3 is 0 Å². The van der Waals surface area contributed by atoms with Crippen LogP contribution in [0.4, 0.5) is 4.39 Å². The number of benzene rings is 3. The van der Waals surface area contributed by atoms with Gasteiger partial charge in [-0.2, -0.15) is 5.26 Å². The summed E-state index contributed by atoms with van der Waals surface area (Å²) in [5.41, 5.74) is 4.75. The number of amides is 2. The van der Waals surface area contributed by atoms with Crippen LogP contribution in [0.1, 0.15) is 71.5 Å². The highest BCUT2D eigenvalue weighted by Gasteiger charge is 2.51.